The molecule has 4 heteroatoms. The largest absolute Gasteiger partial charge is 0.349 e. The van der Waals surface area contributed by atoms with Crippen molar-refractivity contribution in [3.05, 3.63) is 34.9 Å². The molecule has 1 aliphatic heterocycles. The van der Waals surface area contributed by atoms with Gasteiger partial charge in [0.1, 0.15) is 0 Å². The van der Waals surface area contributed by atoms with Crippen LogP contribution in [0, 0.1) is 0 Å². The molecular formula is C18H25ClN2O. The molecule has 0 spiro atoms. The SMILES string of the molecule is CC1CCN1CC1(NC(=O)C(C)(C)c2cccc(Cl)c2)CC1. The molecule has 1 unspecified atom stereocenters. The third kappa shape index (κ3) is 3.02. The predicted octanol–water partition coefficient (Wildman–Crippen LogP) is 3.36. The molecule has 1 aromatic carbocycles. The minimum absolute atomic E-state index is 0.00160. The van der Waals surface area contributed by atoms with Gasteiger partial charge in [0.15, 0.2) is 0 Å². The Kier molecular flexibility index (Phi) is 3.98. The molecule has 1 amide bonds. The third-order valence-electron chi connectivity index (χ3n) is 5.31. The number of hydrogen-bond donors (Lipinski definition) is 1. The lowest BCUT2D eigenvalue weighted by atomic mass is 9.83. The van der Waals surface area contributed by atoms with E-state index < -0.39 is 5.41 Å². The zero-order chi connectivity index (χ0) is 16.0. The highest BCUT2D eigenvalue weighted by Crippen LogP contribution is 2.39. The molecule has 1 N–H and O–H groups in total. The lowest BCUT2D eigenvalue weighted by Crippen LogP contribution is -2.56. The Morgan fingerprint density at radius 3 is 2.68 bits per heavy atom. The molecule has 2 aliphatic rings. The highest BCUT2D eigenvalue weighted by molar-refractivity contribution is 6.30. The first kappa shape index (κ1) is 15.8. The molecule has 1 aliphatic carbocycles. The fraction of sp³-hybridized carbons (Fsp3) is 0.611. The molecule has 1 aromatic rings. The topological polar surface area (TPSA) is 32.3 Å². The van der Waals surface area contributed by atoms with E-state index >= 15 is 0 Å². The van der Waals surface area contributed by atoms with Crippen LogP contribution in [0.1, 0.15) is 45.6 Å². The summed E-state index contributed by atoms with van der Waals surface area (Å²) in [5, 5.41) is 4.00. The van der Waals surface area contributed by atoms with E-state index in [0.717, 1.165) is 31.5 Å². The summed E-state index contributed by atoms with van der Waals surface area (Å²) in [5.41, 5.74) is 0.397. The van der Waals surface area contributed by atoms with Crippen molar-refractivity contribution in [1.82, 2.24) is 10.2 Å². The number of carbonyl (C=O) groups excluding carboxylic acids is 1. The molecule has 1 atom stereocenters. The van der Waals surface area contributed by atoms with Gasteiger partial charge in [0.25, 0.3) is 0 Å². The van der Waals surface area contributed by atoms with Gasteiger partial charge in [-0.05, 0) is 64.3 Å². The van der Waals surface area contributed by atoms with E-state index in [1.54, 1.807) is 0 Å². The van der Waals surface area contributed by atoms with Crippen molar-refractivity contribution >= 4 is 17.5 Å². The quantitative estimate of drug-likeness (QED) is 0.902. The number of nitrogens with one attached hydrogen (secondary N) is 1. The van der Waals surface area contributed by atoms with Crippen LogP contribution in [0.2, 0.25) is 5.02 Å². The molecule has 2 fully saturated rings. The minimum atomic E-state index is -0.568. The second-order valence-electron chi connectivity index (χ2n) is 7.48. The lowest BCUT2D eigenvalue weighted by molar-refractivity contribution is -0.127. The number of carbonyl (C=O) groups is 1. The zero-order valence-electron chi connectivity index (χ0n) is 13.7. The van der Waals surface area contributed by atoms with Crippen LogP contribution in [-0.2, 0) is 10.2 Å². The van der Waals surface area contributed by atoms with E-state index in [9.17, 15) is 4.79 Å². The fourth-order valence-corrected chi connectivity index (χ4v) is 3.26. The van der Waals surface area contributed by atoms with Crippen LogP contribution in [-0.4, -0.2) is 35.5 Å². The van der Waals surface area contributed by atoms with Crippen molar-refractivity contribution < 1.29 is 4.79 Å². The minimum Gasteiger partial charge on any atom is -0.349 e. The summed E-state index contributed by atoms with van der Waals surface area (Å²) >= 11 is 6.07. The zero-order valence-corrected chi connectivity index (χ0v) is 14.4. The number of nitrogens with zero attached hydrogens (tertiary/aromatic N) is 1. The predicted molar refractivity (Wildman–Crippen MR) is 90.2 cm³/mol. The maximum Gasteiger partial charge on any atom is 0.230 e. The Morgan fingerprint density at radius 2 is 2.18 bits per heavy atom. The van der Waals surface area contributed by atoms with Crippen LogP contribution in [0.25, 0.3) is 0 Å². The van der Waals surface area contributed by atoms with Crippen LogP contribution in [0.3, 0.4) is 0 Å². The molecule has 1 saturated heterocycles. The summed E-state index contributed by atoms with van der Waals surface area (Å²) < 4.78 is 0. The molecule has 1 heterocycles. The van der Waals surface area contributed by atoms with Crippen LogP contribution < -0.4 is 5.32 Å². The number of benzene rings is 1. The summed E-state index contributed by atoms with van der Waals surface area (Å²) in [7, 11) is 0. The van der Waals surface area contributed by atoms with E-state index in [1.807, 2.05) is 38.1 Å². The molecule has 0 bridgehead atoms. The van der Waals surface area contributed by atoms with Crippen LogP contribution >= 0.6 is 11.6 Å². The molecule has 22 heavy (non-hydrogen) atoms. The maximum absolute atomic E-state index is 12.8. The maximum atomic E-state index is 12.8. The number of hydrogen-bond acceptors (Lipinski definition) is 2. The standard InChI is InChI=1S/C18H25ClN2O/c1-13-7-10-21(13)12-18(8-9-18)20-16(22)17(2,3)14-5-4-6-15(19)11-14/h4-6,11,13H,7-10,12H2,1-3H3,(H,20,22). The summed E-state index contributed by atoms with van der Waals surface area (Å²) in [6.07, 6.45) is 3.46. The number of rotatable bonds is 5. The Labute approximate surface area is 138 Å². The molecule has 3 rings (SSSR count). The first-order chi connectivity index (χ1) is 10.3. The fourth-order valence-electron chi connectivity index (χ4n) is 3.07. The summed E-state index contributed by atoms with van der Waals surface area (Å²) in [6, 6.07) is 8.27. The van der Waals surface area contributed by atoms with E-state index in [4.69, 9.17) is 11.6 Å². The van der Waals surface area contributed by atoms with Crippen molar-refractivity contribution in [1.29, 1.82) is 0 Å². The number of halogens is 1. The van der Waals surface area contributed by atoms with Gasteiger partial charge in [0.05, 0.1) is 11.0 Å². The number of likely N-dealkylation sites (tertiary alicyclic amines) is 1. The van der Waals surface area contributed by atoms with Crippen molar-refractivity contribution in [3.63, 3.8) is 0 Å². The van der Waals surface area contributed by atoms with Gasteiger partial charge in [0.2, 0.25) is 5.91 Å². The van der Waals surface area contributed by atoms with Crippen molar-refractivity contribution in [2.45, 2.75) is 57.0 Å². The summed E-state index contributed by atoms with van der Waals surface area (Å²) in [4.78, 5) is 15.3. The van der Waals surface area contributed by atoms with Crippen molar-refractivity contribution in [2.24, 2.45) is 0 Å². The summed E-state index contributed by atoms with van der Waals surface area (Å²) in [6.45, 7) is 8.35. The molecule has 0 radical (unpaired) electrons. The van der Waals surface area contributed by atoms with Crippen LogP contribution in [0.5, 0.6) is 0 Å². The molecule has 3 nitrogen and oxygen atoms in total. The highest BCUT2D eigenvalue weighted by atomic mass is 35.5. The highest BCUT2D eigenvalue weighted by Gasteiger charge is 2.48. The van der Waals surface area contributed by atoms with Gasteiger partial charge in [-0.25, -0.2) is 0 Å². The van der Waals surface area contributed by atoms with Crippen LogP contribution in [0.4, 0.5) is 0 Å². The number of amides is 1. The molecule has 1 saturated carbocycles. The average Bonchev–Trinajstić information content (AvgIpc) is 3.23. The molecular weight excluding hydrogens is 296 g/mol. The second-order valence-corrected chi connectivity index (χ2v) is 7.91. The molecule has 0 aromatic heterocycles. The lowest BCUT2D eigenvalue weighted by Gasteiger charge is -2.41. The summed E-state index contributed by atoms with van der Waals surface area (Å²) in [5.74, 6) is 0.0976. The Morgan fingerprint density at radius 1 is 1.45 bits per heavy atom. The van der Waals surface area contributed by atoms with Crippen LogP contribution in [0.15, 0.2) is 24.3 Å². The van der Waals surface area contributed by atoms with E-state index in [0.29, 0.717) is 11.1 Å². The van der Waals surface area contributed by atoms with E-state index in [2.05, 4.69) is 17.1 Å². The van der Waals surface area contributed by atoms with Gasteiger partial charge < -0.3 is 5.32 Å². The Hall–Kier alpha value is -1.06. The average molecular weight is 321 g/mol. The first-order valence-electron chi connectivity index (χ1n) is 8.15. The smallest absolute Gasteiger partial charge is 0.230 e. The van der Waals surface area contributed by atoms with Crippen molar-refractivity contribution in [2.75, 3.05) is 13.1 Å². The van der Waals surface area contributed by atoms with Crippen molar-refractivity contribution in [3.8, 4) is 0 Å². The van der Waals surface area contributed by atoms with E-state index in [-0.39, 0.29) is 11.4 Å². The van der Waals surface area contributed by atoms with Gasteiger partial charge in [-0.1, -0.05) is 23.7 Å². The van der Waals surface area contributed by atoms with E-state index in [1.165, 1.54) is 6.42 Å². The van der Waals surface area contributed by atoms with Gasteiger partial charge in [-0.3, -0.25) is 9.69 Å². The van der Waals surface area contributed by atoms with Gasteiger partial charge in [-0.15, -0.1) is 0 Å². The van der Waals surface area contributed by atoms with Gasteiger partial charge in [0, 0.05) is 17.6 Å². The monoisotopic (exact) mass is 320 g/mol. The third-order valence-corrected chi connectivity index (χ3v) is 5.54. The molecule has 120 valence electrons. The van der Waals surface area contributed by atoms with Gasteiger partial charge in [-0.2, -0.15) is 0 Å². The Balaban J connectivity index is 1.68. The Bertz CT molecular complexity index is 580. The normalized spacial score (nSPS) is 23.7. The second kappa shape index (κ2) is 5.54. The van der Waals surface area contributed by atoms with Gasteiger partial charge >= 0.3 is 0 Å². The first-order valence-corrected chi connectivity index (χ1v) is 8.53.